The van der Waals surface area contributed by atoms with Gasteiger partial charge in [0.05, 0.1) is 31.4 Å². The number of sulfonamides is 1. The number of fused-ring (bicyclic) bond motifs is 2. The number of morpholine rings is 1. The second-order valence-electron chi connectivity index (χ2n) is 9.09. The summed E-state index contributed by atoms with van der Waals surface area (Å²) in [7, 11) is -2.46. The average molecular weight is 487 g/mol. The Morgan fingerprint density at radius 3 is 2.59 bits per heavy atom. The first kappa shape index (κ1) is 23.1. The molecule has 0 aromatic heterocycles. The minimum absolute atomic E-state index is 0.0576. The predicted octanol–water partition coefficient (Wildman–Crippen LogP) is 2.75. The highest BCUT2D eigenvalue weighted by molar-refractivity contribution is 7.92. The van der Waals surface area contributed by atoms with E-state index in [-0.39, 0.29) is 16.4 Å². The van der Waals surface area contributed by atoms with Crippen molar-refractivity contribution in [3.8, 4) is 11.5 Å². The number of rotatable bonds is 8. The smallest absolute Gasteiger partial charge is 0.265 e. The highest BCUT2D eigenvalue weighted by Crippen LogP contribution is 2.53. The summed E-state index contributed by atoms with van der Waals surface area (Å²) in [4.78, 5) is 15.3. The number of hydrogen-bond acceptors (Lipinski definition) is 7. The lowest BCUT2D eigenvalue weighted by Crippen LogP contribution is -2.39. The Hall–Kier alpha value is -2.62. The van der Waals surface area contributed by atoms with E-state index in [2.05, 4.69) is 9.62 Å². The molecule has 8 nitrogen and oxygen atoms in total. The second kappa shape index (κ2) is 9.20. The van der Waals surface area contributed by atoms with Gasteiger partial charge in [0.2, 0.25) is 0 Å². The third-order valence-corrected chi connectivity index (χ3v) is 8.60. The molecule has 3 aliphatic rings. The molecular formula is C25H30N2O6S. The van der Waals surface area contributed by atoms with Crippen molar-refractivity contribution in [1.82, 2.24) is 4.90 Å². The third-order valence-electron chi connectivity index (χ3n) is 7.18. The maximum absolute atomic E-state index is 13.2. The molecule has 2 fully saturated rings. The maximum atomic E-state index is 13.2. The molecule has 2 aliphatic carbocycles. The molecular weight excluding hydrogens is 456 g/mol. The number of nitrogens with zero attached hydrogens (tertiary/aromatic N) is 1. The fourth-order valence-corrected chi connectivity index (χ4v) is 6.37. The number of benzene rings is 2. The quantitative estimate of drug-likeness (QED) is 0.613. The monoisotopic (exact) mass is 486 g/mol. The van der Waals surface area contributed by atoms with Crippen molar-refractivity contribution in [3.05, 3.63) is 47.5 Å². The molecule has 1 saturated heterocycles. The molecule has 1 aliphatic heterocycles. The van der Waals surface area contributed by atoms with Gasteiger partial charge in [-0.1, -0.05) is 18.6 Å². The number of nitrogens with one attached hydrogen (secondary N) is 1. The Kier molecular flexibility index (Phi) is 6.26. The van der Waals surface area contributed by atoms with Crippen LogP contribution in [0.3, 0.4) is 0 Å². The van der Waals surface area contributed by atoms with E-state index in [1.165, 1.54) is 13.2 Å². The zero-order valence-corrected chi connectivity index (χ0v) is 20.2. The lowest BCUT2D eigenvalue weighted by molar-refractivity contribution is -0.125. The number of anilines is 1. The highest BCUT2D eigenvalue weighted by Gasteiger charge is 2.51. The van der Waals surface area contributed by atoms with Gasteiger partial charge in [-0.3, -0.25) is 14.4 Å². The molecule has 0 bridgehead atoms. The molecule has 1 N–H and O–H groups in total. The Bertz CT molecular complexity index is 1190. The second-order valence-corrected chi connectivity index (χ2v) is 10.7. The Balaban J connectivity index is 1.44. The largest absolute Gasteiger partial charge is 0.495 e. The molecule has 1 heterocycles. The topological polar surface area (TPSA) is 94.2 Å². The summed E-state index contributed by atoms with van der Waals surface area (Å²) < 4.78 is 45.9. The molecule has 0 radical (unpaired) electrons. The van der Waals surface area contributed by atoms with Crippen LogP contribution in [0.1, 0.15) is 30.4 Å². The van der Waals surface area contributed by atoms with Crippen LogP contribution in [0.15, 0.2) is 41.3 Å². The SMILES string of the molecule is COc1ccccc1S(=O)(=O)Nc1cc(OCCN2CCOCC2)c2c(c1)C1(CCC1)C(=O)C2. The van der Waals surface area contributed by atoms with E-state index < -0.39 is 15.4 Å². The van der Waals surface area contributed by atoms with Gasteiger partial charge in [0, 0.05) is 37.7 Å². The highest BCUT2D eigenvalue weighted by atomic mass is 32.2. The van der Waals surface area contributed by atoms with E-state index in [1.54, 1.807) is 24.3 Å². The molecule has 0 amide bonds. The van der Waals surface area contributed by atoms with Crippen molar-refractivity contribution >= 4 is 21.5 Å². The molecule has 34 heavy (non-hydrogen) atoms. The number of carbonyl (C=O) groups is 1. The van der Waals surface area contributed by atoms with Crippen molar-refractivity contribution in [1.29, 1.82) is 0 Å². The van der Waals surface area contributed by atoms with E-state index in [9.17, 15) is 13.2 Å². The first-order valence-corrected chi connectivity index (χ1v) is 13.2. The van der Waals surface area contributed by atoms with Crippen molar-refractivity contribution in [2.24, 2.45) is 0 Å². The first-order chi connectivity index (χ1) is 16.4. The third kappa shape index (κ3) is 4.16. The van der Waals surface area contributed by atoms with Gasteiger partial charge in [0.25, 0.3) is 10.0 Å². The van der Waals surface area contributed by atoms with E-state index in [0.717, 1.165) is 50.0 Å². The average Bonchev–Trinajstić information content (AvgIpc) is 3.11. The molecule has 1 saturated carbocycles. The number of hydrogen-bond donors (Lipinski definition) is 1. The van der Waals surface area contributed by atoms with Gasteiger partial charge in [-0.2, -0.15) is 0 Å². The van der Waals surface area contributed by atoms with Gasteiger partial charge in [-0.25, -0.2) is 8.42 Å². The van der Waals surface area contributed by atoms with Crippen LogP contribution in [0.4, 0.5) is 5.69 Å². The number of ether oxygens (including phenoxy) is 3. The summed E-state index contributed by atoms with van der Waals surface area (Å²) >= 11 is 0. The van der Waals surface area contributed by atoms with Gasteiger partial charge < -0.3 is 14.2 Å². The van der Waals surface area contributed by atoms with Crippen LogP contribution in [-0.2, 0) is 31.4 Å². The van der Waals surface area contributed by atoms with E-state index >= 15 is 0 Å². The standard InChI is InChI=1S/C25H30N2O6S/c1-31-21-5-2-3-6-23(21)34(29,30)26-18-15-20-19(17-24(28)25(20)7-4-8-25)22(16-18)33-14-11-27-9-12-32-13-10-27/h2-3,5-6,15-16,26H,4,7-14,17H2,1H3. The van der Waals surface area contributed by atoms with Crippen molar-refractivity contribution in [2.75, 3.05) is 51.3 Å². The summed E-state index contributed by atoms with van der Waals surface area (Å²) in [6.45, 7) is 4.35. The van der Waals surface area contributed by atoms with Gasteiger partial charge in [-0.15, -0.1) is 0 Å². The molecule has 0 unspecified atom stereocenters. The van der Waals surface area contributed by atoms with Crippen LogP contribution in [0.2, 0.25) is 0 Å². The van der Waals surface area contributed by atoms with Crippen LogP contribution >= 0.6 is 0 Å². The normalized spacial score (nSPS) is 19.5. The number of methoxy groups -OCH3 is 1. The Morgan fingerprint density at radius 2 is 1.88 bits per heavy atom. The number of Topliss-reactive ketones (excluding diaryl/α,β-unsaturated/α-hetero) is 1. The molecule has 2 aromatic rings. The molecule has 2 aromatic carbocycles. The summed E-state index contributed by atoms with van der Waals surface area (Å²) in [5.74, 6) is 1.06. The summed E-state index contributed by atoms with van der Waals surface area (Å²) in [6, 6.07) is 10.0. The first-order valence-electron chi connectivity index (χ1n) is 11.7. The molecule has 5 rings (SSSR count). The fourth-order valence-electron chi connectivity index (χ4n) is 5.16. The Labute approximate surface area is 200 Å². The summed E-state index contributed by atoms with van der Waals surface area (Å²) in [5, 5.41) is 0. The summed E-state index contributed by atoms with van der Waals surface area (Å²) in [5.41, 5.74) is 1.70. The zero-order valence-electron chi connectivity index (χ0n) is 19.3. The van der Waals surface area contributed by atoms with E-state index in [1.807, 2.05) is 6.07 Å². The summed E-state index contributed by atoms with van der Waals surface area (Å²) in [6.07, 6.45) is 2.93. The van der Waals surface area contributed by atoms with Gasteiger partial charge in [-0.05, 0) is 36.6 Å². The number of para-hydroxylation sites is 1. The molecule has 9 heteroatoms. The maximum Gasteiger partial charge on any atom is 0.265 e. The molecule has 0 atom stereocenters. The van der Waals surface area contributed by atoms with Gasteiger partial charge in [0.1, 0.15) is 28.8 Å². The fraction of sp³-hybridized carbons (Fsp3) is 0.480. The minimum Gasteiger partial charge on any atom is -0.495 e. The van der Waals surface area contributed by atoms with Crippen LogP contribution in [0.5, 0.6) is 11.5 Å². The minimum atomic E-state index is -3.91. The molecule has 1 spiro atoms. The Morgan fingerprint density at radius 1 is 1.12 bits per heavy atom. The van der Waals surface area contributed by atoms with Crippen LogP contribution in [0, 0.1) is 0 Å². The molecule has 182 valence electrons. The van der Waals surface area contributed by atoms with E-state index in [0.29, 0.717) is 37.7 Å². The van der Waals surface area contributed by atoms with Crippen molar-refractivity contribution in [3.63, 3.8) is 0 Å². The van der Waals surface area contributed by atoms with E-state index in [4.69, 9.17) is 14.2 Å². The van der Waals surface area contributed by atoms with Gasteiger partial charge in [0.15, 0.2) is 0 Å². The lowest BCUT2D eigenvalue weighted by atomic mass is 9.64. The number of ketones is 1. The predicted molar refractivity (Wildman–Crippen MR) is 127 cm³/mol. The van der Waals surface area contributed by atoms with Gasteiger partial charge >= 0.3 is 0 Å². The van der Waals surface area contributed by atoms with Crippen LogP contribution in [-0.4, -0.2) is 65.7 Å². The zero-order chi connectivity index (χ0) is 23.8. The van der Waals surface area contributed by atoms with Crippen molar-refractivity contribution < 1.29 is 27.4 Å². The lowest BCUT2D eigenvalue weighted by Gasteiger charge is -2.37. The number of carbonyl (C=O) groups excluding carboxylic acids is 1. The van der Waals surface area contributed by atoms with Crippen molar-refractivity contribution in [2.45, 2.75) is 36.0 Å². The van der Waals surface area contributed by atoms with Crippen LogP contribution < -0.4 is 14.2 Å². The van der Waals surface area contributed by atoms with Crippen LogP contribution in [0.25, 0.3) is 0 Å².